The molecular weight excluding hydrogens is 440 g/mol. The van der Waals surface area contributed by atoms with Crippen molar-refractivity contribution in [3.05, 3.63) is 82.8 Å². The van der Waals surface area contributed by atoms with E-state index in [0.717, 1.165) is 66.6 Å². The largest absolute Gasteiger partial charge is 0.335 e. The van der Waals surface area contributed by atoms with Crippen LogP contribution in [0.15, 0.2) is 65.8 Å². The van der Waals surface area contributed by atoms with Gasteiger partial charge >= 0.3 is 5.69 Å². The lowest BCUT2D eigenvalue weighted by atomic mass is 10.0. The first-order chi connectivity index (χ1) is 17.1. The number of para-hydroxylation sites is 1. The van der Waals surface area contributed by atoms with Crippen LogP contribution >= 0.6 is 0 Å². The fourth-order valence-electron chi connectivity index (χ4n) is 4.24. The van der Waals surface area contributed by atoms with E-state index in [2.05, 4.69) is 22.4 Å². The van der Waals surface area contributed by atoms with Crippen LogP contribution in [-0.4, -0.2) is 35.2 Å². The summed E-state index contributed by atoms with van der Waals surface area (Å²) in [6, 6.07) is 16.1. The van der Waals surface area contributed by atoms with Crippen LogP contribution in [0.1, 0.15) is 68.4 Å². The fraction of sp³-hybridized carbons (Fsp3) is 0.370. The second-order valence-corrected chi connectivity index (χ2v) is 8.78. The lowest BCUT2D eigenvalue weighted by Crippen LogP contribution is -2.29. The predicted molar refractivity (Wildman–Crippen MR) is 136 cm³/mol. The number of aryl methyl sites for hydroxylation is 1. The van der Waals surface area contributed by atoms with E-state index in [0.29, 0.717) is 13.0 Å². The number of carbonyl (C=O) groups excluding carboxylic acids is 1. The molecule has 0 N–H and O–H groups in total. The minimum absolute atomic E-state index is 0.123. The van der Waals surface area contributed by atoms with Crippen molar-refractivity contribution in [2.75, 3.05) is 0 Å². The number of unbranched alkanes of at least 4 members (excludes halogenated alkanes) is 3. The van der Waals surface area contributed by atoms with Crippen molar-refractivity contribution in [2.45, 2.75) is 65.3 Å². The summed E-state index contributed by atoms with van der Waals surface area (Å²) in [6.07, 6.45) is 9.42. The summed E-state index contributed by atoms with van der Waals surface area (Å²) < 4.78 is 4.71. The molecule has 0 unspecified atom stereocenters. The third kappa shape index (κ3) is 5.65. The van der Waals surface area contributed by atoms with Crippen molar-refractivity contribution in [1.29, 1.82) is 0 Å². The maximum absolute atomic E-state index is 13.2. The average molecular weight is 473 g/mol. The molecule has 182 valence electrons. The molecule has 4 rings (SSSR count). The van der Waals surface area contributed by atoms with Crippen LogP contribution in [0.4, 0.5) is 0 Å². The number of hydrogen-bond acceptors (Lipinski definition) is 5. The molecule has 2 heterocycles. The summed E-state index contributed by atoms with van der Waals surface area (Å²) in [5.41, 5.74) is 4.61. The molecule has 0 fully saturated rings. The van der Waals surface area contributed by atoms with E-state index in [1.807, 2.05) is 55.5 Å². The lowest BCUT2D eigenvalue weighted by Gasteiger charge is -2.11. The summed E-state index contributed by atoms with van der Waals surface area (Å²) in [4.78, 5) is 25.8. The highest BCUT2D eigenvalue weighted by atomic mass is 16.2. The number of hydrogen-bond donors (Lipinski definition) is 0. The van der Waals surface area contributed by atoms with Gasteiger partial charge in [-0.2, -0.15) is 4.68 Å². The molecule has 0 aliphatic carbocycles. The highest BCUT2D eigenvalue weighted by Crippen LogP contribution is 2.26. The third-order valence-corrected chi connectivity index (χ3v) is 6.22. The maximum atomic E-state index is 13.2. The number of tetrazole rings is 1. The lowest BCUT2D eigenvalue weighted by molar-refractivity contribution is 0.0894. The van der Waals surface area contributed by atoms with Gasteiger partial charge < -0.3 is 0 Å². The van der Waals surface area contributed by atoms with E-state index < -0.39 is 0 Å². The van der Waals surface area contributed by atoms with Gasteiger partial charge in [-0.25, -0.2) is 9.36 Å². The Kier molecular flexibility index (Phi) is 8.03. The average Bonchev–Trinajstić information content (AvgIpc) is 3.53. The molecule has 0 aliphatic rings. The summed E-state index contributed by atoms with van der Waals surface area (Å²) >= 11 is 0. The van der Waals surface area contributed by atoms with Crippen LogP contribution in [0.2, 0.25) is 0 Å². The number of rotatable bonds is 11. The summed E-state index contributed by atoms with van der Waals surface area (Å²) in [5, 5.41) is 11.5. The first-order valence-electron chi connectivity index (χ1n) is 12.4. The SMILES string of the molecule is CCCCCc1cn(C(=O)CCCC)c(=O)n1Cc1ccc(-c2ccccc2-n2cnnn2)cc1. The van der Waals surface area contributed by atoms with Gasteiger partial charge in [-0.3, -0.25) is 9.36 Å². The molecule has 0 saturated carbocycles. The highest BCUT2D eigenvalue weighted by molar-refractivity contribution is 5.78. The van der Waals surface area contributed by atoms with Gasteiger partial charge in [-0.1, -0.05) is 75.6 Å². The minimum Gasteiger partial charge on any atom is -0.292 e. The summed E-state index contributed by atoms with van der Waals surface area (Å²) in [5.74, 6) is -0.123. The quantitative estimate of drug-likeness (QED) is 0.290. The molecule has 0 spiro atoms. The van der Waals surface area contributed by atoms with E-state index in [-0.39, 0.29) is 11.6 Å². The van der Waals surface area contributed by atoms with Crippen LogP contribution in [0.25, 0.3) is 16.8 Å². The first-order valence-corrected chi connectivity index (χ1v) is 12.4. The zero-order chi connectivity index (χ0) is 24.6. The third-order valence-electron chi connectivity index (χ3n) is 6.22. The van der Waals surface area contributed by atoms with Gasteiger partial charge in [0.15, 0.2) is 0 Å². The number of benzene rings is 2. The molecule has 2 aromatic heterocycles. The Labute approximate surface area is 205 Å². The fourth-order valence-corrected chi connectivity index (χ4v) is 4.24. The normalized spacial score (nSPS) is 11.1. The van der Waals surface area contributed by atoms with E-state index in [1.54, 1.807) is 21.8 Å². The van der Waals surface area contributed by atoms with Gasteiger partial charge in [0.2, 0.25) is 5.91 Å². The van der Waals surface area contributed by atoms with Gasteiger partial charge in [0.05, 0.1) is 12.2 Å². The highest BCUT2D eigenvalue weighted by Gasteiger charge is 2.16. The second-order valence-electron chi connectivity index (χ2n) is 8.78. The minimum atomic E-state index is -0.245. The zero-order valence-electron chi connectivity index (χ0n) is 20.4. The Morgan fingerprint density at radius 1 is 0.943 bits per heavy atom. The van der Waals surface area contributed by atoms with Gasteiger partial charge in [-0.05, 0) is 46.9 Å². The first kappa shape index (κ1) is 24.3. The Morgan fingerprint density at radius 2 is 1.71 bits per heavy atom. The molecular formula is C27H32N6O2. The molecule has 0 radical (unpaired) electrons. The van der Waals surface area contributed by atoms with Crippen molar-refractivity contribution in [3.8, 4) is 16.8 Å². The van der Waals surface area contributed by atoms with Gasteiger partial charge in [0.25, 0.3) is 0 Å². The van der Waals surface area contributed by atoms with Gasteiger partial charge in [0.1, 0.15) is 6.33 Å². The van der Waals surface area contributed by atoms with E-state index in [4.69, 9.17) is 0 Å². The van der Waals surface area contributed by atoms with E-state index in [9.17, 15) is 9.59 Å². The van der Waals surface area contributed by atoms with Crippen molar-refractivity contribution in [1.82, 2.24) is 29.3 Å². The second kappa shape index (κ2) is 11.6. The Balaban J connectivity index is 1.60. The van der Waals surface area contributed by atoms with Crippen LogP contribution in [-0.2, 0) is 13.0 Å². The molecule has 0 bridgehead atoms. The number of nitrogens with zero attached hydrogens (tertiary/aromatic N) is 6. The van der Waals surface area contributed by atoms with E-state index >= 15 is 0 Å². The number of carbonyl (C=O) groups is 1. The number of imidazole rings is 1. The van der Waals surface area contributed by atoms with Crippen molar-refractivity contribution >= 4 is 5.91 Å². The molecule has 2 aromatic carbocycles. The van der Waals surface area contributed by atoms with Crippen molar-refractivity contribution in [2.24, 2.45) is 0 Å². The Morgan fingerprint density at radius 3 is 2.43 bits per heavy atom. The van der Waals surface area contributed by atoms with Crippen LogP contribution < -0.4 is 5.69 Å². The molecule has 35 heavy (non-hydrogen) atoms. The molecule has 4 aromatic rings. The molecule has 0 saturated heterocycles. The topological polar surface area (TPSA) is 87.6 Å². The molecule has 8 nitrogen and oxygen atoms in total. The molecule has 0 aliphatic heterocycles. The molecule has 0 amide bonds. The van der Waals surface area contributed by atoms with E-state index in [1.165, 1.54) is 4.57 Å². The van der Waals surface area contributed by atoms with Crippen LogP contribution in [0, 0.1) is 0 Å². The molecule has 0 atom stereocenters. The monoisotopic (exact) mass is 472 g/mol. The maximum Gasteiger partial charge on any atom is 0.335 e. The molecule has 8 heteroatoms. The van der Waals surface area contributed by atoms with Crippen molar-refractivity contribution in [3.63, 3.8) is 0 Å². The van der Waals surface area contributed by atoms with Crippen LogP contribution in [0.5, 0.6) is 0 Å². The van der Waals surface area contributed by atoms with Crippen molar-refractivity contribution < 1.29 is 4.79 Å². The Hall–Kier alpha value is -3.81. The summed E-state index contributed by atoms with van der Waals surface area (Å²) in [7, 11) is 0. The smallest absolute Gasteiger partial charge is 0.292 e. The zero-order valence-corrected chi connectivity index (χ0v) is 20.4. The predicted octanol–water partition coefficient (Wildman–Crippen LogP) is 4.90. The van der Waals surface area contributed by atoms with Crippen LogP contribution in [0.3, 0.4) is 0 Å². The van der Waals surface area contributed by atoms with Gasteiger partial charge in [0, 0.05) is 23.9 Å². The standard InChI is InChI=1S/C27H32N6O2/c1-3-5-7-10-23-19-32(26(34)13-6-4-2)27(35)31(23)18-21-14-16-22(17-15-21)24-11-8-9-12-25(24)33-20-28-29-30-33/h8-9,11-12,14-17,19-20H,3-7,10,13,18H2,1-2H3. The number of aromatic nitrogens is 6. The summed E-state index contributed by atoms with van der Waals surface area (Å²) in [6.45, 7) is 4.64. The van der Waals surface area contributed by atoms with Gasteiger partial charge in [-0.15, -0.1) is 5.10 Å². The Bertz CT molecular complexity index is 1300.